The lowest BCUT2D eigenvalue weighted by atomic mass is 10.1. The third kappa shape index (κ3) is 5.13. The molecule has 4 heterocycles. The number of pyridine rings is 1. The SMILES string of the molecule is O=C(Nc1ccc(OC[C@@H](O)CO)cn1)N1c2nc(-c3cccc(C(F)(F)F)c3)ncc2N2CC[C@H]1C2. The van der Waals surface area contributed by atoms with Gasteiger partial charge in [-0.25, -0.2) is 19.7 Å². The molecule has 2 amide bonds. The molecule has 3 aromatic rings. The number of aliphatic hydroxyl groups is 2. The molecule has 10 nitrogen and oxygen atoms in total. The van der Waals surface area contributed by atoms with E-state index in [2.05, 4.69) is 20.3 Å². The molecule has 2 aromatic heterocycles. The number of alkyl halides is 3. The summed E-state index contributed by atoms with van der Waals surface area (Å²) in [6.45, 7) is 0.731. The molecule has 2 bridgehead atoms. The number of urea groups is 1. The van der Waals surface area contributed by atoms with Crippen molar-refractivity contribution in [1.29, 1.82) is 0 Å². The monoisotopic (exact) mass is 516 g/mol. The first-order valence-electron chi connectivity index (χ1n) is 11.5. The number of aliphatic hydroxyl groups excluding tert-OH is 2. The van der Waals surface area contributed by atoms with Gasteiger partial charge in [-0.2, -0.15) is 13.2 Å². The fourth-order valence-corrected chi connectivity index (χ4v) is 4.30. The number of nitrogens with one attached hydrogen (secondary N) is 1. The molecule has 0 aliphatic carbocycles. The van der Waals surface area contributed by atoms with Crippen molar-refractivity contribution in [2.24, 2.45) is 0 Å². The predicted molar refractivity (Wildman–Crippen MR) is 127 cm³/mol. The van der Waals surface area contributed by atoms with Gasteiger partial charge in [0, 0.05) is 18.7 Å². The minimum atomic E-state index is -4.51. The van der Waals surface area contributed by atoms with Crippen LogP contribution in [0, 0.1) is 0 Å². The van der Waals surface area contributed by atoms with Crippen molar-refractivity contribution < 1.29 is 32.9 Å². The van der Waals surface area contributed by atoms with Gasteiger partial charge in [0.1, 0.15) is 24.3 Å². The first-order chi connectivity index (χ1) is 17.7. The second-order valence-electron chi connectivity index (χ2n) is 8.70. The van der Waals surface area contributed by atoms with Gasteiger partial charge in [-0.1, -0.05) is 12.1 Å². The topological polar surface area (TPSA) is 124 Å². The zero-order chi connectivity index (χ0) is 26.2. The summed E-state index contributed by atoms with van der Waals surface area (Å²) in [7, 11) is 0. The first-order valence-corrected chi connectivity index (χ1v) is 11.5. The second kappa shape index (κ2) is 9.82. The highest BCUT2D eigenvalue weighted by molar-refractivity contribution is 6.04. The van der Waals surface area contributed by atoms with Gasteiger partial charge in [-0.05, 0) is 30.7 Å². The van der Waals surface area contributed by atoms with E-state index in [-0.39, 0.29) is 29.9 Å². The van der Waals surface area contributed by atoms with Crippen LogP contribution < -0.4 is 19.9 Å². The number of aromatic nitrogens is 3. The van der Waals surface area contributed by atoms with Crippen LogP contribution in [-0.4, -0.2) is 69.6 Å². The van der Waals surface area contributed by atoms with Crippen molar-refractivity contribution in [2.75, 3.05) is 41.4 Å². The van der Waals surface area contributed by atoms with Crippen molar-refractivity contribution in [2.45, 2.75) is 24.7 Å². The van der Waals surface area contributed by atoms with Crippen LogP contribution in [0.4, 0.5) is 35.3 Å². The average Bonchev–Trinajstić information content (AvgIpc) is 3.31. The summed E-state index contributed by atoms with van der Waals surface area (Å²) in [6, 6.07) is 7.16. The van der Waals surface area contributed by atoms with Gasteiger partial charge < -0.3 is 19.8 Å². The van der Waals surface area contributed by atoms with Gasteiger partial charge in [0.25, 0.3) is 0 Å². The number of ether oxygens (including phenoxy) is 1. The molecule has 1 fully saturated rings. The van der Waals surface area contributed by atoms with E-state index in [0.717, 1.165) is 12.1 Å². The van der Waals surface area contributed by atoms with Gasteiger partial charge in [-0.15, -0.1) is 0 Å². The van der Waals surface area contributed by atoms with Crippen molar-refractivity contribution in [1.82, 2.24) is 15.0 Å². The molecular formula is C24H23F3N6O4. The molecule has 1 saturated heterocycles. The molecule has 2 aliphatic heterocycles. The van der Waals surface area contributed by atoms with Crippen molar-refractivity contribution >= 4 is 23.4 Å². The van der Waals surface area contributed by atoms with Crippen molar-refractivity contribution in [3.8, 4) is 17.1 Å². The van der Waals surface area contributed by atoms with Gasteiger partial charge in [0.05, 0.1) is 36.3 Å². The van der Waals surface area contributed by atoms with Crippen LogP contribution in [-0.2, 0) is 6.18 Å². The molecule has 2 atom stereocenters. The number of carbonyl (C=O) groups excluding carboxylic acids is 1. The van der Waals surface area contributed by atoms with Crippen LogP contribution in [0.5, 0.6) is 5.75 Å². The fourth-order valence-electron chi connectivity index (χ4n) is 4.30. The first kappa shape index (κ1) is 24.7. The molecule has 3 N–H and O–H groups in total. The highest BCUT2D eigenvalue weighted by Gasteiger charge is 2.41. The molecule has 37 heavy (non-hydrogen) atoms. The number of rotatable bonds is 6. The zero-order valence-electron chi connectivity index (χ0n) is 19.4. The summed E-state index contributed by atoms with van der Waals surface area (Å²) < 4.78 is 45.0. The molecule has 1 aromatic carbocycles. The van der Waals surface area contributed by atoms with E-state index in [0.29, 0.717) is 36.8 Å². The van der Waals surface area contributed by atoms with E-state index in [1.807, 2.05) is 4.90 Å². The number of carbonyl (C=O) groups is 1. The Morgan fingerprint density at radius 1 is 1.22 bits per heavy atom. The third-order valence-corrected chi connectivity index (χ3v) is 6.14. The maximum Gasteiger partial charge on any atom is 0.416 e. The molecule has 5 rings (SSSR count). The highest BCUT2D eigenvalue weighted by Crippen LogP contribution is 2.40. The molecule has 0 spiro atoms. The number of nitrogens with zero attached hydrogens (tertiary/aromatic N) is 5. The summed E-state index contributed by atoms with van der Waals surface area (Å²) in [4.78, 5) is 29.9. The van der Waals surface area contributed by atoms with E-state index in [9.17, 15) is 23.1 Å². The van der Waals surface area contributed by atoms with Gasteiger partial charge in [0.15, 0.2) is 11.6 Å². The Kier molecular flexibility index (Phi) is 6.56. The Bertz CT molecular complexity index is 1290. The van der Waals surface area contributed by atoms with Crippen LogP contribution in [0.15, 0.2) is 48.8 Å². The summed E-state index contributed by atoms with van der Waals surface area (Å²) in [5, 5.41) is 21.0. The summed E-state index contributed by atoms with van der Waals surface area (Å²) in [6.07, 6.45) is -1.93. The number of benzene rings is 1. The lowest BCUT2D eigenvalue weighted by Gasteiger charge is -2.35. The quantitative estimate of drug-likeness (QED) is 0.457. The van der Waals surface area contributed by atoms with E-state index in [1.165, 1.54) is 35.5 Å². The fraction of sp³-hybridized carbons (Fsp3) is 0.333. The second-order valence-corrected chi connectivity index (χ2v) is 8.70. The van der Waals surface area contributed by atoms with Crippen LogP contribution >= 0.6 is 0 Å². The normalized spacial score (nSPS) is 17.4. The molecule has 0 saturated carbocycles. The minimum Gasteiger partial charge on any atom is -0.489 e. The van der Waals surface area contributed by atoms with Crippen LogP contribution in [0.1, 0.15) is 12.0 Å². The van der Waals surface area contributed by atoms with Crippen molar-refractivity contribution in [3.05, 3.63) is 54.4 Å². The highest BCUT2D eigenvalue weighted by atomic mass is 19.4. The van der Waals surface area contributed by atoms with Crippen LogP contribution in [0.3, 0.4) is 0 Å². The summed E-state index contributed by atoms with van der Waals surface area (Å²) in [5.41, 5.74) is 0.00219. The van der Waals surface area contributed by atoms with Gasteiger partial charge >= 0.3 is 12.2 Å². The molecule has 194 valence electrons. The number of halogens is 3. The Labute approximate surface area is 209 Å². The molecule has 2 aliphatic rings. The third-order valence-electron chi connectivity index (χ3n) is 6.14. The average molecular weight is 516 g/mol. The molecule has 0 unspecified atom stereocenters. The van der Waals surface area contributed by atoms with Gasteiger partial charge in [-0.3, -0.25) is 10.2 Å². The lowest BCUT2D eigenvalue weighted by Crippen LogP contribution is -2.48. The van der Waals surface area contributed by atoms with Crippen molar-refractivity contribution in [3.63, 3.8) is 0 Å². The smallest absolute Gasteiger partial charge is 0.416 e. The zero-order valence-corrected chi connectivity index (χ0v) is 19.4. The number of hydrogen-bond donors (Lipinski definition) is 3. The predicted octanol–water partition coefficient (Wildman–Crippen LogP) is 2.92. The Hall–Kier alpha value is -3.97. The molecule has 13 heteroatoms. The number of hydrogen-bond acceptors (Lipinski definition) is 8. The summed E-state index contributed by atoms with van der Waals surface area (Å²) >= 11 is 0. The Morgan fingerprint density at radius 2 is 2.05 bits per heavy atom. The van der Waals surface area contributed by atoms with Crippen LogP contribution in [0.2, 0.25) is 0 Å². The van der Waals surface area contributed by atoms with E-state index in [1.54, 1.807) is 6.07 Å². The maximum atomic E-state index is 13.3. The number of fused-ring (bicyclic) bond motifs is 4. The number of anilines is 3. The molecule has 0 radical (unpaired) electrons. The van der Waals surface area contributed by atoms with Crippen LogP contribution in [0.25, 0.3) is 11.4 Å². The number of amides is 2. The Morgan fingerprint density at radius 3 is 2.78 bits per heavy atom. The maximum absolute atomic E-state index is 13.3. The minimum absolute atomic E-state index is 0.0786. The van der Waals surface area contributed by atoms with E-state index in [4.69, 9.17) is 9.84 Å². The lowest BCUT2D eigenvalue weighted by molar-refractivity contribution is -0.137. The standard InChI is InChI=1S/C24H23F3N6O4/c25-24(26,27)15-3-1-2-14(8-15)21-29-10-19-22(31-21)33(16-6-7-32(19)11-16)23(36)30-20-5-4-18(9-28-20)37-13-17(35)12-34/h1-5,8-10,16-17,34-35H,6-7,11-13H2,(H,28,30,36)/t16-,17-/m0/s1. The van der Waals surface area contributed by atoms with Gasteiger partial charge in [0.2, 0.25) is 0 Å². The molecular weight excluding hydrogens is 493 g/mol. The van der Waals surface area contributed by atoms with E-state index >= 15 is 0 Å². The van der Waals surface area contributed by atoms with E-state index < -0.39 is 30.5 Å². The largest absolute Gasteiger partial charge is 0.489 e. The Balaban J connectivity index is 1.39. The summed E-state index contributed by atoms with van der Waals surface area (Å²) in [5.74, 6) is 0.981.